The van der Waals surface area contributed by atoms with Crippen LogP contribution in [0.15, 0.2) is 24.3 Å². The predicted molar refractivity (Wildman–Crippen MR) is 81.1 cm³/mol. The van der Waals surface area contributed by atoms with Gasteiger partial charge in [-0.3, -0.25) is 4.90 Å². The Morgan fingerprint density at radius 1 is 1.19 bits per heavy atom. The molecule has 0 aromatic heterocycles. The van der Waals surface area contributed by atoms with Gasteiger partial charge in [-0.15, -0.1) is 0 Å². The molecular formula is C17H25NO3. The van der Waals surface area contributed by atoms with E-state index in [9.17, 15) is 5.11 Å². The number of hydrogen-bond donors (Lipinski definition) is 1. The average molecular weight is 291 g/mol. The van der Waals surface area contributed by atoms with E-state index in [4.69, 9.17) is 9.47 Å². The fourth-order valence-corrected chi connectivity index (χ4v) is 3.46. The van der Waals surface area contributed by atoms with Crippen LogP contribution >= 0.6 is 0 Å². The van der Waals surface area contributed by atoms with E-state index in [1.54, 1.807) is 0 Å². The first-order valence-electron chi connectivity index (χ1n) is 8.04. The maximum absolute atomic E-state index is 9.18. The lowest BCUT2D eigenvalue weighted by Gasteiger charge is -2.36. The number of ether oxygens (including phenoxy) is 2. The standard InChI is InChI=1S/C17H25NO3/c19-10-4-9-18(13-17-20-11-12-21-17)16-8-3-6-14-5-1-2-7-15(14)16/h1-2,5,7,16-17,19H,3-4,6,8-13H2. The number of rotatable bonds is 6. The largest absolute Gasteiger partial charge is 0.396 e. The Balaban J connectivity index is 1.75. The molecule has 0 spiro atoms. The molecule has 1 saturated heterocycles. The van der Waals surface area contributed by atoms with Gasteiger partial charge in [-0.2, -0.15) is 0 Å². The van der Waals surface area contributed by atoms with Crippen LogP contribution in [0.2, 0.25) is 0 Å². The molecule has 1 aliphatic heterocycles. The maximum atomic E-state index is 9.18. The van der Waals surface area contributed by atoms with Crippen molar-refractivity contribution in [3.8, 4) is 0 Å². The first-order valence-corrected chi connectivity index (χ1v) is 8.04. The van der Waals surface area contributed by atoms with Crippen molar-refractivity contribution in [1.29, 1.82) is 0 Å². The first-order chi connectivity index (χ1) is 10.4. The Bertz CT molecular complexity index is 445. The van der Waals surface area contributed by atoms with Crippen molar-refractivity contribution in [2.45, 2.75) is 38.0 Å². The van der Waals surface area contributed by atoms with E-state index in [1.807, 2.05) is 0 Å². The number of hydrogen-bond acceptors (Lipinski definition) is 4. The summed E-state index contributed by atoms with van der Waals surface area (Å²) in [4.78, 5) is 2.43. The summed E-state index contributed by atoms with van der Waals surface area (Å²) in [6.07, 6.45) is 4.26. The molecule has 2 aliphatic rings. The Kier molecular flexibility index (Phi) is 5.25. The summed E-state index contributed by atoms with van der Waals surface area (Å²) >= 11 is 0. The van der Waals surface area contributed by atoms with Gasteiger partial charge in [-0.05, 0) is 36.8 Å². The molecule has 1 fully saturated rings. The summed E-state index contributed by atoms with van der Waals surface area (Å²) in [5.74, 6) is 0. The molecule has 3 rings (SSSR count). The van der Waals surface area contributed by atoms with E-state index >= 15 is 0 Å². The Labute approximate surface area is 126 Å². The highest BCUT2D eigenvalue weighted by molar-refractivity contribution is 5.32. The lowest BCUT2D eigenvalue weighted by molar-refractivity contribution is -0.0707. The van der Waals surface area contributed by atoms with Crippen LogP contribution in [-0.2, 0) is 15.9 Å². The summed E-state index contributed by atoms with van der Waals surface area (Å²) in [6, 6.07) is 9.18. The van der Waals surface area contributed by atoms with E-state index < -0.39 is 0 Å². The molecular weight excluding hydrogens is 266 g/mol. The van der Waals surface area contributed by atoms with Gasteiger partial charge in [-0.1, -0.05) is 24.3 Å². The van der Waals surface area contributed by atoms with Crippen molar-refractivity contribution >= 4 is 0 Å². The molecule has 1 heterocycles. The summed E-state index contributed by atoms with van der Waals surface area (Å²) in [5.41, 5.74) is 2.91. The Morgan fingerprint density at radius 2 is 2.00 bits per heavy atom. The second-order valence-electron chi connectivity index (χ2n) is 5.85. The smallest absolute Gasteiger partial charge is 0.170 e. The molecule has 4 heteroatoms. The highest BCUT2D eigenvalue weighted by Crippen LogP contribution is 2.34. The average Bonchev–Trinajstić information content (AvgIpc) is 3.04. The van der Waals surface area contributed by atoms with Gasteiger partial charge in [0.05, 0.1) is 19.8 Å². The van der Waals surface area contributed by atoms with Gasteiger partial charge < -0.3 is 14.6 Å². The van der Waals surface area contributed by atoms with Crippen molar-refractivity contribution in [1.82, 2.24) is 4.90 Å². The molecule has 0 amide bonds. The van der Waals surface area contributed by atoms with Crippen LogP contribution in [0.5, 0.6) is 0 Å². The number of aliphatic hydroxyl groups excluding tert-OH is 1. The molecule has 0 radical (unpaired) electrons. The fourth-order valence-electron chi connectivity index (χ4n) is 3.46. The number of fused-ring (bicyclic) bond motifs is 1. The predicted octanol–water partition coefficient (Wildman–Crippen LogP) is 2.12. The Hall–Kier alpha value is -0.940. The van der Waals surface area contributed by atoms with Crippen molar-refractivity contribution in [2.24, 2.45) is 0 Å². The minimum atomic E-state index is -0.113. The summed E-state index contributed by atoms with van der Waals surface area (Å²) in [7, 11) is 0. The lowest BCUT2D eigenvalue weighted by Crippen LogP contribution is -2.38. The zero-order valence-corrected chi connectivity index (χ0v) is 12.5. The molecule has 4 nitrogen and oxygen atoms in total. The maximum Gasteiger partial charge on any atom is 0.170 e. The minimum Gasteiger partial charge on any atom is -0.396 e. The van der Waals surface area contributed by atoms with Crippen molar-refractivity contribution < 1.29 is 14.6 Å². The molecule has 1 aromatic rings. The van der Waals surface area contributed by atoms with E-state index in [0.717, 1.165) is 19.5 Å². The van der Waals surface area contributed by atoms with Crippen molar-refractivity contribution in [2.75, 3.05) is 32.9 Å². The molecule has 0 bridgehead atoms. The minimum absolute atomic E-state index is 0.113. The Morgan fingerprint density at radius 3 is 2.81 bits per heavy atom. The van der Waals surface area contributed by atoms with E-state index in [1.165, 1.54) is 30.4 Å². The molecule has 116 valence electrons. The number of aliphatic hydroxyl groups is 1. The van der Waals surface area contributed by atoms with Crippen LogP contribution in [0.1, 0.15) is 36.4 Å². The van der Waals surface area contributed by atoms with Crippen LogP contribution < -0.4 is 0 Å². The third-order valence-corrected chi connectivity index (χ3v) is 4.46. The quantitative estimate of drug-likeness (QED) is 0.872. The monoisotopic (exact) mass is 291 g/mol. The normalized spacial score (nSPS) is 22.7. The summed E-state index contributed by atoms with van der Waals surface area (Å²) in [6.45, 7) is 3.30. The zero-order chi connectivity index (χ0) is 14.5. The van der Waals surface area contributed by atoms with Crippen molar-refractivity contribution in [3.05, 3.63) is 35.4 Å². The lowest BCUT2D eigenvalue weighted by atomic mass is 9.86. The third-order valence-electron chi connectivity index (χ3n) is 4.46. The van der Waals surface area contributed by atoms with Gasteiger partial charge >= 0.3 is 0 Å². The van der Waals surface area contributed by atoms with Crippen LogP contribution in [-0.4, -0.2) is 49.2 Å². The highest BCUT2D eigenvalue weighted by atomic mass is 16.7. The number of aryl methyl sites for hydroxylation is 1. The van der Waals surface area contributed by atoms with Gasteiger partial charge in [0.15, 0.2) is 6.29 Å². The number of nitrogens with zero attached hydrogens (tertiary/aromatic N) is 1. The molecule has 1 aliphatic carbocycles. The summed E-state index contributed by atoms with van der Waals surface area (Å²) < 4.78 is 11.2. The van der Waals surface area contributed by atoms with Crippen LogP contribution in [0.4, 0.5) is 0 Å². The van der Waals surface area contributed by atoms with E-state index in [2.05, 4.69) is 29.2 Å². The highest BCUT2D eigenvalue weighted by Gasteiger charge is 2.28. The van der Waals surface area contributed by atoms with Crippen LogP contribution in [0.25, 0.3) is 0 Å². The van der Waals surface area contributed by atoms with Crippen LogP contribution in [0.3, 0.4) is 0 Å². The molecule has 1 atom stereocenters. The first kappa shape index (κ1) is 15.0. The molecule has 1 N–H and O–H groups in total. The third kappa shape index (κ3) is 3.64. The number of benzene rings is 1. The zero-order valence-electron chi connectivity index (χ0n) is 12.5. The van der Waals surface area contributed by atoms with Gasteiger partial charge in [0.2, 0.25) is 0 Å². The van der Waals surface area contributed by atoms with Crippen LogP contribution in [0, 0.1) is 0 Å². The van der Waals surface area contributed by atoms with E-state index in [0.29, 0.717) is 19.3 Å². The van der Waals surface area contributed by atoms with Gasteiger partial charge in [-0.25, -0.2) is 0 Å². The second-order valence-corrected chi connectivity index (χ2v) is 5.85. The molecule has 21 heavy (non-hydrogen) atoms. The summed E-state index contributed by atoms with van der Waals surface area (Å²) in [5, 5.41) is 9.18. The molecule has 1 aromatic carbocycles. The SMILES string of the molecule is OCCCN(CC1OCCO1)C1CCCc2ccccc21. The fraction of sp³-hybridized carbons (Fsp3) is 0.647. The van der Waals surface area contributed by atoms with Gasteiger partial charge in [0.1, 0.15) is 0 Å². The van der Waals surface area contributed by atoms with Gasteiger partial charge in [0.25, 0.3) is 0 Å². The molecule has 1 unspecified atom stereocenters. The topological polar surface area (TPSA) is 41.9 Å². The van der Waals surface area contributed by atoms with Crippen molar-refractivity contribution in [3.63, 3.8) is 0 Å². The molecule has 0 saturated carbocycles. The van der Waals surface area contributed by atoms with E-state index in [-0.39, 0.29) is 12.9 Å². The van der Waals surface area contributed by atoms with Gasteiger partial charge in [0, 0.05) is 19.2 Å². The second kappa shape index (κ2) is 7.36.